The van der Waals surface area contributed by atoms with Crippen molar-refractivity contribution in [2.75, 3.05) is 7.11 Å². The number of rotatable bonds is 5. The first-order valence-electron chi connectivity index (χ1n) is 18.3. The van der Waals surface area contributed by atoms with Gasteiger partial charge in [0.1, 0.15) is 23.4 Å². The van der Waals surface area contributed by atoms with Crippen LogP contribution in [0.1, 0.15) is 108 Å². The normalized spacial score (nSPS) is 48.9. The van der Waals surface area contributed by atoms with Crippen molar-refractivity contribution in [1.29, 1.82) is 0 Å². The van der Waals surface area contributed by atoms with Gasteiger partial charge in [0.05, 0.1) is 23.4 Å². The summed E-state index contributed by atoms with van der Waals surface area (Å²) in [6.45, 7) is 17.8. The van der Waals surface area contributed by atoms with Crippen LogP contribution in [0.5, 0.6) is 0 Å². The van der Waals surface area contributed by atoms with Crippen molar-refractivity contribution in [3.63, 3.8) is 0 Å². The lowest BCUT2D eigenvalue weighted by atomic mass is 9.33. The summed E-state index contributed by atoms with van der Waals surface area (Å²) >= 11 is 0. The molecule has 0 aromatic heterocycles. The Kier molecular flexibility index (Phi) is 8.47. The molecular formula is C39H54O13. The third-order valence-corrected chi connectivity index (χ3v) is 15.0. The molecule has 4 saturated carbocycles. The van der Waals surface area contributed by atoms with Crippen molar-refractivity contribution in [1.82, 2.24) is 0 Å². The Morgan fingerprint density at radius 3 is 1.90 bits per heavy atom. The van der Waals surface area contributed by atoms with Crippen LogP contribution in [-0.4, -0.2) is 83.5 Å². The van der Waals surface area contributed by atoms with Crippen molar-refractivity contribution in [2.24, 2.45) is 44.8 Å². The van der Waals surface area contributed by atoms with Crippen LogP contribution in [0, 0.1) is 44.8 Å². The Bertz CT molecular complexity index is 1680. The number of ketones is 1. The molecule has 6 aliphatic rings. The monoisotopic (exact) mass is 730 g/mol. The van der Waals surface area contributed by atoms with Gasteiger partial charge in [-0.1, -0.05) is 20.8 Å². The standard InChI is InChI=1S/C39H54O13/c1-18-14-35(9)26-13-24(44)28(47-12)19(2)34(26,8)15-25(48-20(3)40)29(35)39(18)37(11,46)31(51-23(6)43)30(50-22(5)42)36(10)27(49-21(4)41)16-33(7)17-38(36,39)52-32(33)45/h18,25-27,29-31,46H,13-17H2,1-12H3/t18-,25+,26?,27-,29-,30-,31+,33-,34+,35-,36+,37-,38+,39-/m0/s1. The molecule has 0 aromatic rings. The second kappa shape index (κ2) is 11.5. The molecule has 13 heteroatoms. The summed E-state index contributed by atoms with van der Waals surface area (Å²) in [5, 5.41) is 13.6. The molecule has 0 radical (unpaired) electrons. The van der Waals surface area contributed by atoms with Gasteiger partial charge in [0.2, 0.25) is 0 Å². The molecule has 2 bridgehead atoms. The lowest BCUT2D eigenvalue weighted by Crippen LogP contribution is -2.86. The molecule has 1 heterocycles. The predicted molar refractivity (Wildman–Crippen MR) is 180 cm³/mol. The lowest BCUT2D eigenvalue weighted by molar-refractivity contribution is -0.383. The van der Waals surface area contributed by atoms with Crippen LogP contribution in [-0.2, 0) is 57.2 Å². The number of hydrogen-bond acceptors (Lipinski definition) is 13. The Hall–Kier alpha value is -3.48. The van der Waals surface area contributed by atoms with Gasteiger partial charge in [-0.2, -0.15) is 0 Å². The van der Waals surface area contributed by atoms with Gasteiger partial charge in [-0.05, 0) is 68.8 Å². The number of ether oxygens (including phenoxy) is 6. The number of carbonyl (C=O) groups is 6. The molecule has 6 rings (SSSR count). The number of hydrogen-bond donors (Lipinski definition) is 1. The first kappa shape index (κ1) is 38.3. The first-order chi connectivity index (χ1) is 23.9. The number of aliphatic hydroxyl groups is 1. The first-order valence-corrected chi connectivity index (χ1v) is 18.3. The smallest absolute Gasteiger partial charge is 0.312 e. The van der Waals surface area contributed by atoms with Crippen molar-refractivity contribution < 1.29 is 62.3 Å². The molecule has 5 fully saturated rings. The highest BCUT2D eigenvalue weighted by molar-refractivity contribution is 5.96. The molecule has 2 spiro atoms. The van der Waals surface area contributed by atoms with Crippen LogP contribution in [0.25, 0.3) is 0 Å². The van der Waals surface area contributed by atoms with E-state index in [1.54, 1.807) is 13.8 Å². The van der Waals surface area contributed by atoms with E-state index < -0.39 is 104 Å². The van der Waals surface area contributed by atoms with Gasteiger partial charge in [0.15, 0.2) is 23.8 Å². The fraction of sp³-hybridized carbons (Fsp3) is 0.795. The number of carbonyl (C=O) groups excluding carboxylic acids is 6. The minimum Gasteiger partial charge on any atom is -0.493 e. The largest absolute Gasteiger partial charge is 0.493 e. The van der Waals surface area contributed by atoms with Crippen LogP contribution in [0.15, 0.2) is 11.3 Å². The molecule has 0 amide bonds. The van der Waals surface area contributed by atoms with E-state index in [1.807, 2.05) is 20.8 Å². The van der Waals surface area contributed by atoms with Crippen LogP contribution in [0.3, 0.4) is 0 Å². The molecule has 1 unspecified atom stereocenters. The summed E-state index contributed by atoms with van der Waals surface area (Å²) < 4.78 is 37.0. The average Bonchev–Trinajstić information content (AvgIpc) is 3.39. The molecule has 52 heavy (non-hydrogen) atoms. The molecule has 288 valence electrons. The minimum atomic E-state index is -2.14. The van der Waals surface area contributed by atoms with Gasteiger partial charge >= 0.3 is 29.8 Å². The molecule has 0 aromatic carbocycles. The quantitative estimate of drug-likeness (QED) is 0.316. The second-order valence-corrected chi connectivity index (χ2v) is 17.8. The molecule has 13 nitrogen and oxygen atoms in total. The topological polar surface area (TPSA) is 178 Å². The van der Waals surface area contributed by atoms with E-state index in [9.17, 15) is 33.9 Å². The van der Waals surface area contributed by atoms with Crippen LogP contribution in [0.2, 0.25) is 0 Å². The maximum atomic E-state index is 14.4. The van der Waals surface area contributed by atoms with Gasteiger partial charge in [-0.15, -0.1) is 0 Å². The highest BCUT2D eigenvalue weighted by Crippen LogP contribution is 2.83. The fourth-order valence-corrected chi connectivity index (χ4v) is 13.6. The summed E-state index contributed by atoms with van der Waals surface area (Å²) in [6.07, 6.45) is -4.27. The van der Waals surface area contributed by atoms with E-state index in [4.69, 9.17) is 28.4 Å². The Morgan fingerprint density at radius 2 is 1.37 bits per heavy atom. The number of fused-ring (bicyclic) bond motifs is 5. The second-order valence-electron chi connectivity index (χ2n) is 17.8. The zero-order chi connectivity index (χ0) is 38.9. The molecule has 1 N–H and O–H groups in total. The highest BCUT2D eigenvalue weighted by Gasteiger charge is 2.92. The van der Waals surface area contributed by atoms with E-state index in [0.29, 0.717) is 6.42 Å². The van der Waals surface area contributed by atoms with Crippen LogP contribution in [0.4, 0.5) is 0 Å². The van der Waals surface area contributed by atoms with E-state index in [2.05, 4.69) is 6.92 Å². The molecule has 14 atom stereocenters. The van der Waals surface area contributed by atoms with Gasteiger partial charge in [0.25, 0.3) is 0 Å². The van der Waals surface area contributed by atoms with Crippen molar-refractivity contribution in [3.8, 4) is 0 Å². The zero-order valence-electron chi connectivity index (χ0n) is 32.4. The minimum absolute atomic E-state index is 0.00904. The number of Topliss-reactive ketones (excluding diaryl/α,β-unsaturated/α-hetero) is 1. The SMILES string of the molecule is COC1=C(C)[C@@]2(C)C[C@@H](OC(C)=O)[C@@H]3[C@]4([C@@H](C)C[C@@]3(C)C2CC1=O)[C@@]12C[C@](C)(C[C@H](OC(C)=O)[C@]1(C)[C@@H](OC(C)=O)[C@@H](OC(C)=O)[C@]4(C)O)C(=O)O2. The Labute approximate surface area is 304 Å². The predicted octanol–water partition coefficient (Wildman–Crippen LogP) is 4.15. The molecule has 5 aliphatic carbocycles. The highest BCUT2D eigenvalue weighted by atomic mass is 16.6. The summed E-state index contributed by atoms with van der Waals surface area (Å²) in [5.74, 6) is -4.94. The summed E-state index contributed by atoms with van der Waals surface area (Å²) in [6, 6.07) is 0. The zero-order valence-corrected chi connectivity index (χ0v) is 32.4. The Balaban J connectivity index is 1.76. The summed E-state index contributed by atoms with van der Waals surface area (Å²) in [4.78, 5) is 80.3. The van der Waals surface area contributed by atoms with Crippen LogP contribution >= 0.6 is 0 Å². The van der Waals surface area contributed by atoms with Gasteiger partial charge in [-0.25, -0.2) is 0 Å². The van der Waals surface area contributed by atoms with Gasteiger partial charge < -0.3 is 33.5 Å². The van der Waals surface area contributed by atoms with E-state index in [-0.39, 0.29) is 43.1 Å². The van der Waals surface area contributed by atoms with Gasteiger partial charge in [0, 0.05) is 52.9 Å². The Morgan fingerprint density at radius 1 is 0.808 bits per heavy atom. The maximum absolute atomic E-state index is 14.4. The lowest BCUT2D eigenvalue weighted by Gasteiger charge is -2.73. The van der Waals surface area contributed by atoms with E-state index in [1.165, 1.54) is 41.7 Å². The summed E-state index contributed by atoms with van der Waals surface area (Å²) in [5.41, 5.74) is -9.16. The van der Waals surface area contributed by atoms with Gasteiger partial charge in [-0.3, -0.25) is 28.8 Å². The molecular weight excluding hydrogens is 676 g/mol. The van der Waals surface area contributed by atoms with E-state index >= 15 is 0 Å². The molecule has 1 saturated heterocycles. The van der Waals surface area contributed by atoms with Crippen molar-refractivity contribution in [2.45, 2.75) is 144 Å². The number of methoxy groups -OCH3 is 1. The van der Waals surface area contributed by atoms with Crippen molar-refractivity contribution >= 4 is 35.6 Å². The third-order valence-electron chi connectivity index (χ3n) is 15.0. The molecule has 1 aliphatic heterocycles. The third kappa shape index (κ3) is 4.43. The number of allylic oxidation sites excluding steroid dienone is 2. The maximum Gasteiger partial charge on any atom is 0.312 e. The average molecular weight is 731 g/mol. The van der Waals surface area contributed by atoms with Crippen molar-refractivity contribution in [3.05, 3.63) is 11.3 Å². The number of esters is 5. The van der Waals surface area contributed by atoms with E-state index in [0.717, 1.165) is 5.57 Å². The fourth-order valence-electron chi connectivity index (χ4n) is 13.6. The van der Waals surface area contributed by atoms with Crippen LogP contribution < -0.4 is 0 Å². The summed E-state index contributed by atoms with van der Waals surface area (Å²) in [7, 11) is 1.46.